The smallest absolute Gasteiger partial charge is 0.271 e. The van der Waals surface area contributed by atoms with Crippen LogP contribution in [-0.4, -0.2) is 51.7 Å². The molecule has 0 spiro atoms. The molecule has 0 aliphatic heterocycles. The van der Waals surface area contributed by atoms with Crippen molar-refractivity contribution in [3.63, 3.8) is 0 Å². The zero-order valence-corrected chi connectivity index (χ0v) is 16.3. The first-order chi connectivity index (χ1) is 12.6. The van der Waals surface area contributed by atoms with E-state index < -0.39 is 21.1 Å². The molecule has 0 aliphatic rings. The van der Waals surface area contributed by atoms with Crippen molar-refractivity contribution in [1.29, 1.82) is 0 Å². The molecule has 2 aromatic rings. The number of aliphatic hydroxyl groups is 1. The highest BCUT2D eigenvalue weighted by Gasteiger charge is 2.29. The molecule has 146 valence electrons. The number of nitro benzene ring substituents is 1. The summed E-state index contributed by atoms with van der Waals surface area (Å²) in [6.07, 6.45) is -0.936. The topological polar surface area (TPSA) is 105 Å². The Morgan fingerprint density at radius 1 is 1.19 bits per heavy atom. The minimum Gasteiger partial charge on any atom is -0.385 e. The number of nitro groups is 1. The van der Waals surface area contributed by atoms with Crippen LogP contribution in [0.1, 0.15) is 5.56 Å². The molecule has 0 bridgehead atoms. The van der Waals surface area contributed by atoms with Gasteiger partial charge in [0.15, 0.2) is 0 Å². The van der Waals surface area contributed by atoms with E-state index in [-0.39, 0.29) is 22.8 Å². The second-order valence-corrected chi connectivity index (χ2v) is 8.55. The van der Waals surface area contributed by atoms with Crippen LogP contribution in [-0.2, 0) is 10.0 Å². The number of non-ortho nitro benzene ring substituents is 1. The number of likely N-dealkylation sites (N-methyl/N-ethyl adjacent to an activating group) is 1. The number of aliphatic hydroxyl groups excluding tert-OH is 1. The summed E-state index contributed by atoms with van der Waals surface area (Å²) in [6.45, 7) is 1.97. The first-order valence-corrected chi connectivity index (χ1v) is 9.86. The van der Waals surface area contributed by atoms with E-state index in [9.17, 15) is 23.6 Å². The Hall–Kier alpha value is -2.49. The maximum absolute atomic E-state index is 13.2. The van der Waals surface area contributed by atoms with E-state index in [1.807, 2.05) is 21.0 Å². The normalized spacial score (nSPS) is 12.8. The van der Waals surface area contributed by atoms with Crippen LogP contribution >= 0.6 is 0 Å². The van der Waals surface area contributed by atoms with Crippen molar-refractivity contribution in [2.24, 2.45) is 0 Å². The fourth-order valence-electron chi connectivity index (χ4n) is 2.67. The highest BCUT2D eigenvalue weighted by atomic mass is 32.2. The first-order valence-electron chi connectivity index (χ1n) is 8.42. The van der Waals surface area contributed by atoms with Crippen molar-refractivity contribution < 1.29 is 23.3 Å². The quantitative estimate of drug-likeness (QED) is 0.504. The third-order valence-corrected chi connectivity index (χ3v) is 5.77. The fraction of sp³-hybridized carbons (Fsp3) is 0.333. The van der Waals surface area contributed by atoms with Gasteiger partial charge in [-0.3, -0.25) is 14.4 Å². The molecule has 0 heterocycles. The van der Waals surface area contributed by atoms with Gasteiger partial charge in [0.25, 0.3) is 15.7 Å². The average molecular weight is 394 g/mol. The molecular weight excluding hydrogens is 370 g/mol. The molecule has 0 saturated heterocycles. The monoisotopic (exact) mass is 394 g/mol. The molecule has 0 radical (unpaired) electrons. The zero-order valence-electron chi connectivity index (χ0n) is 15.5. The lowest BCUT2D eigenvalue weighted by molar-refractivity contribution is -0.861. The third-order valence-electron chi connectivity index (χ3n) is 3.96. The molecule has 2 aromatic carbocycles. The summed E-state index contributed by atoms with van der Waals surface area (Å²) in [5.74, 6) is 0. The number of quaternary nitrogens is 1. The van der Waals surface area contributed by atoms with E-state index in [1.165, 1.54) is 36.4 Å². The number of rotatable bonds is 8. The molecule has 1 unspecified atom stereocenters. The highest BCUT2D eigenvalue weighted by molar-refractivity contribution is 7.92. The van der Waals surface area contributed by atoms with Gasteiger partial charge in [-0.15, -0.1) is 0 Å². The van der Waals surface area contributed by atoms with Crippen LogP contribution in [0, 0.1) is 17.0 Å². The summed E-state index contributed by atoms with van der Waals surface area (Å²) < 4.78 is 27.4. The number of hydrogen-bond donors (Lipinski definition) is 2. The number of aryl methyl sites for hydroxylation is 1. The van der Waals surface area contributed by atoms with E-state index in [0.717, 1.165) is 14.8 Å². The molecule has 9 heteroatoms. The lowest BCUT2D eigenvalue weighted by Gasteiger charge is -2.27. The number of sulfonamides is 1. The predicted octanol–water partition coefficient (Wildman–Crippen LogP) is 0.604. The van der Waals surface area contributed by atoms with Gasteiger partial charge in [0, 0.05) is 12.1 Å². The highest BCUT2D eigenvalue weighted by Crippen LogP contribution is 2.27. The van der Waals surface area contributed by atoms with Crippen LogP contribution in [0.25, 0.3) is 0 Å². The Bertz CT molecular complexity index is 897. The Labute approximate surface area is 158 Å². The van der Waals surface area contributed by atoms with Gasteiger partial charge in [0.05, 0.1) is 36.1 Å². The maximum atomic E-state index is 13.2. The SMILES string of the molecule is Cc1ccc(S(=O)(=O)N(CC(O)C[NH+](C)C)c2cccc([N+](=O)[O-])c2)cc1. The van der Waals surface area contributed by atoms with Crippen LogP contribution < -0.4 is 9.21 Å². The third kappa shape index (κ3) is 5.25. The number of hydrogen-bond acceptors (Lipinski definition) is 5. The second-order valence-electron chi connectivity index (χ2n) is 6.69. The molecular formula is C18H24N3O5S+. The molecule has 1 atom stereocenters. The number of nitrogens with zero attached hydrogens (tertiary/aromatic N) is 2. The van der Waals surface area contributed by atoms with Crippen molar-refractivity contribution in [2.45, 2.75) is 17.9 Å². The Morgan fingerprint density at radius 2 is 1.81 bits per heavy atom. The van der Waals surface area contributed by atoms with Crippen LogP contribution in [0.3, 0.4) is 0 Å². The van der Waals surface area contributed by atoms with Gasteiger partial charge in [-0.25, -0.2) is 8.42 Å². The van der Waals surface area contributed by atoms with Crippen LogP contribution in [0.15, 0.2) is 53.4 Å². The molecule has 2 rings (SSSR count). The van der Waals surface area contributed by atoms with Gasteiger partial charge in [0.2, 0.25) is 0 Å². The molecule has 0 aliphatic carbocycles. The summed E-state index contributed by atoms with van der Waals surface area (Å²) in [6, 6.07) is 11.7. The van der Waals surface area contributed by atoms with Crippen molar-refractivity contribution >= 4 is 21.4 Å². The van der Waals surface area contributed by atoms with Crippen molar-refractivity contribution in [3.05, 3.63) is 64.2 Å². The van der Waals surface area contributed by atoms with Crippen molar-refractivity contribution in [1.82, 2.24) is 0 Å². The van der Waals surface area contributed by atoms with E-state index in [4.69, 9.17) is 0 Å². The lowest BCUT2D eigenvalue weighted by atomic mass is 10.2. The minimum absolute atomic E-state index is 0.0593. The summed E-state index contributed by atoms with van der Waals surface area (Å²) in [5, 5.41) is 21.4. The van der Waals surface area contributed by atoms with Gasteiger partial charge in [-0.1, -0.05) is 23.8 Å². The predicted molar refractivity (Wildman–Crippen MR) is 102 cm³/mol. The number of anilines is 1. The van der Waals surface area contributed by atoms with Crippen molar-refractivity contribution in [3.8, 4) is 0 Å². The Morgan fingerprint density at radius 3 is 2.37 bits per heavy atom. The maximum Gasteiger partial charge on any atom is 0.271 e. The largest absolute Gasteiger partial charge is 0.385 e. The van der Waals surface area contributed by atoms with Crippen molar-refractivity contribution in [2.75, 3.05) is 31.5 Å². The average Bonchev–Trinajstić information content (AvgIpc) is 2.59. The van der Waals surface area contributed by atoms with Crippen LogP contribution in [0.2, 0.25) is 0 Å². The molecule has 0 aromatic heterocycles. The van der Waals surface area contributed by atoms with E-state index in [2.05, 4.69) is 0 Å². The van der Waals surface area contributed by atoms with Gasteiger partial charge in [0.1, 0.15) is 12.6 Å². The molecule has 0 saturated carbocycles. The minimum atomic E-state index is -4.00. The van der Waals surface area contributed by atoms with Crippen LogP contribution in [0.4, 0.5) is 11.4 Å². The number of nitrogens with one attached hydrogen (secondary N) is 1. The fourth-order valence-corrected chi connectivity index (χ4v) is 4.16. The van der Waals surface area contributed by atoms with Gasteiger partial charge >= 0.3 is 0 Å². The summed E-state index contributed by atoms with van der Waals surface area (Å²) in [5.41, 5.74) is 0.828. The Balaban J connectivity index is 2.50. The molecule has 27 heavy (non-hydrogen) atoms. The standard InChI is InChI=1S/C18H23N3O5S/c1-14-7-9-18(10-8-14)27(25,26)20(13-17(22)12-19(2)3)15-5-4-6-16(11-15)21(23)24/h4-11,17,22H,12-13H2,1-3H3/p+1. The lowest BCUT2D eigenvalue weighted by Crippen LogP contribution is -3.07. The van der Waals surface area contributed by atoms with Crippen LogP contribution in [0.5, 0.6) is 0 Å². The van der Waals surface area contributed by atoms with E-state index >= 15 is 0 Å². The van der Waals surface area contributed by atoms with E-state index in [1.54, 1.807) is 12.1 Å². The zero-order chi connectivity index (χ0) is 20.2. The number of benzene rings is 2. The molecule has 2 N–H and O–H groups in total. The first kappa shape index (κ1) is 20.8. The summed E-state index contributed by atoms with van der Waals surface area (Å²) in [7, 11) is -0.317. The Kier molecular flexibility index (Phi) is 6.53. The molecule has 0 amide bonds. The molecule has 0 fully saturated rings. The van der Waals surface area contributed by atoms with Gasteiger partial charge in [-0.2, -0.15) is 0 Å². The van der Waals surface area contributed by atoms with Gasteiger partial charge < -0.3 is 10.0 Å². The summed E-state index contributed by atoms with van der Waals surface area (Å²) in [4.78, 5) is 11.5. The summed E-state index contributed by atoms with van der Waals surface area (Å²) >= 11 is 0. The van der Waals surface area contributed by atoms with Gasteiger partial charge in [-0.05, 0) is 25.1 Å². The van der Waals surface area contributed by atoms with E-state index in [0.29, 0.717) is 6.54 Å². The second kappa shape index (κ2) is 8.47. The molecule has 8 nitrogen and oxygen atoms in total.